The van der Waals surface area contributed by atoms with Gasteiger partial charge in [0.2, 0.25) is 5.91 Å². The average molecular weight is 324 g/mol. The van der Waals surface area contributed by atoms with Crippen molar-refractivity contribution in [2.24, 2.45) is 5.41 Å². The number of likely N-dealkylation sites (tertiary alicyclic amines) is 1. The van der Waals surface area contributed by atoms with Crippen LogP contribution in [0.4, 0.5) is 5.82 Å². The molecule has 0 radical (unpaired) electrons. The van der Waals surface area contributed by atoms with Gasteiger partial charge in [0.25, 0.3) is 0 Å². The first-order valence-corrected chi connectivity index (χ1v) is 8.17. The van der Waals surface area contributed by atoms with Gasteiger partial charge in [0, 0.05) is 39.5 Å². The van der Waals surface area contributed by atoms with Crippen LogP contribution >= 0.6 is 11.6 Å². The van der Waals surface area contributed by atoms with Gasteiger partial charge in [0.05, 0.1) is 17.0 Å². The molecule has 3 heterocycles. The third-order valence-corrected chi connectivity index (χ3v) is 5.00. The molecule has 22 heavy (non-hydrogen) atoms. The van der Waals surface area contributed by atoms with Crippen LogP contribution in [0.5, 0.6) is 0 Å². The van der Waals surface area contributed by atoms with E-state index in [1.807, 2.05) is 17.0 Å². The van der Waals surface area contributed by atoms with E-state index in [9.17, 15) is 4.79 Å². The molecule has 2 saturated heterocycles. The number of pyridine rings is 1. The Hall–Kier alpha value is -1.33. The Kier molecular flexibility index (Phi) is 4.54. The zero-order valence-electron chi connectivity index (χ0n) is 12.9. The zero-order valence-corrected chi connectivity index (χ0v) is 13.7. The molecule has 0 saturated carbocycles. The van der Waals surface area contributed by atoms with E-state index in [1.54, 1.807) is 13.3 Å². The highest BCUT2D eigenvalue weighted by Gasteiger charge is 2.48. The smallest absolute Gasteiger partial charge is 0.230 e. The fraction of sp³-hybridized carbons (Fsp3) is 0.625. The molecule has 120 valence electrons. The van der Waals surface area contributed by atoms with Crippen molar-refractivity contribution in [1.29, 1.82) is 0 Å². The molecular formula is C16H22ClN3O2. The summed E-state index contributed by atoms with van der Waals surface area (Å²) in [5.41, 5.74) is -0.243. The summed E-state index contributed by atoms with van der Waals surface area (Å²) in [7, 11) is 1.67. The molecule has 2 aliphatic heterocycles. The molecule has 0 aliphatic carbocycles. The summed E-state index contributed by atoms with van der Waals surface area (Å²) in [4.78, 5) is 21.4. The van der Waals surface area contributed by atoms with Crippen molar-refractivity contribution in [3.05, 3.63) is 23.4 Å². The van der Waals surface area contributed by atoms with Crippen molar-refractivity contribution in [3.8, 4) is 0 Å². The lowest BCUT2D eigenvalue weighted by molar-refractivity contribution is -0.145. The van der Waals surface area contributed by atoms with Gasteiger partial charge >= 0.3 is 0 Å². The van der Waals surface area contributed by atoms with Crippen molar-refractivity contribution in [3.63, 3.8) is 0 Å². The van der Waals surface area contributed by atoms with Gasteiger partial charge in [-0.15, -0.1) is 0 Å². The van der Waals surface area contributed by atoms with Gasteiger partial charge in [0.15, 0.2) is 0 Å². The maximum absolute atomic E-state index is 12.9. The number of piperidine rings is 1. The highest BCUT2D eigenvalue weighted by Crippen LogP contribution is 2.41. The standard InChI is InChI=1S/C16H22ClN3O2/c1-22-10-9-19-7-2-5-16(15(19)21)6-8-20(12-16)14-4-3-13(17)11-18-14/h3-4,11H,2,5-10,12H2,1H3. The molecular weight excluding hydrogens is 302 g/mol. The van der Waals surface area contributed by atoms with Crippen LogP contribution < -0.4 is 4.90 Å². The predicted molar refractivity (Wildman–Crippen MR) is 86.2 cm³/mol. The van der Waals surface area contributed by atoms with E-state index in [0.717, 1.165) is 44.7 Å². The molecule has 0 aromatic carbocycles. The lowest BCUT2D eigenvalue weighted by Gasteiger charge is -2.39. The quantitative estimate of drug-likeness (QED) is 0.852. The Morgan fingerprint density at radius 3 is 2.95 bits per heavy atom. The predicted octanol–water partition coefficient (Wildman–Crippen LogP) is 2.20. The van der Waals surface area contributed by atoms with Crippen LogP contribution in [0.1, 0.15) is 19.3 Å². The van der Waals surface area contributed by atoms with Crippen molar-refractivity contribution in [1.82, 2.24) is 9.88 Å². The first-order chi connectivity index (χ1) is 10.6. The van der Waals surface area contributed by atoms with E-state index >= 15 is 0 Å². The Labute approximate surface area is 136 Å². The fourth-order valence-corrected chi connectivity index (χ4v) is 3.68. The third kappa shape index (κ3) is 2.92. The third-order valence-electron chi connectivity index (χ3n) is 4.78. The number of carbonyl (C=O) groups is 1. The normalized spacial score (nSPS) is 25.3. The second-order valence-corrected chi connectivity index (χ2v) is 6.61. The van der Waals surface area contributed by atoms with Gasteiger partial charge in [-0.2, -0.15) is 0 Å². The minimum atomic E-state index is -0.243. The Bertz CT molecular complexity index is 537. The number of rotatable bonds is 4. The first-order valence-electron chi connectivity index (χ1n) is 7.79. The molecule has 1 aromatic heterocycles. The molecule has 1 spiro atoms. The first kappa shape index (κ1) is 15.6. The number of carbonyl (C=O) groups excluding carboxylic acids is 1. The molecule has 2 aliphatic rings. The van der Waals surface area contributed by atoms with Crippen molar-refractivity contribution < 1.29 is 9.53 Å². The highest BCUT2D eigenvalue weighted by atomic mass is 35.5. The number of halogens is 1. The van der Waals surface area contributed by atoms with Crippen molar-refractivity contribution >= 4 is 23.3 Å². The summed E-state index contributed by atoms with van der Waals surface area (Å²) in [5.74, 6) is 1.19. The Balaban J connectivity index is 1.71. The maximum Gasteiger partial charge on any atom is 0.230 e. The number of ether oxygens (including phenoxy) is 1. The lowest BCUT2D eigenvalue weighted by Crippen LogP contribution is -2.51. The van der Waals surface area contributed by atoms with Crippen molar-refractivity contribution in [2.75, 3.05) is 44.8 Å². The maximum atomic E-state index is 12.9. The number of aromatic nitrogens is 1. The summed E-state index contributed by atoms with van der Waals surface area (Å²) in [6.07, 6.45) is 4.60. The Morgan fingerprint density at radius 2 is 2.23 bits per heavy atom. The molecule has 2 fully saturated rings. The number of hydrogen-bond donors (Lipinski definition) is 0. The van der Waals surface area contributed by atoms with Crippen LogP contribution in [0.2, 0.25) is 5.02 Å². The van der Waals surface area contributed by atoms with E-state index in [1.165, 1.54) is 0 Å². The van der Waals surface area contributed by atoms with Crippen LogP contribution in [-0.4, -0.2) is 55.7 Å². The molecule has 5 nitrogen and oxygen atoms in total. The number of amides is 1. The van der Waals surface area contributed by atoms with Gasteiger partial charge in [-0.05, 0) is 31.4 Å². The molecule has 1 aromatic rings. The second kappa shape index (κ2) is 6.42. The van der Waals surface area contributed by atoms with Crippen LogP contribution in [0.25, 0.3) is 0 Å². The van der Waals surface area contributed by atoms with Crippen LogP contribution in [0.15, 0.2) is 18.3 Å². The summed E-state index contributed by atoms with van der Waals surface area (Å²) in [6.45, 7) is 3.77. The summed E-state index contributed by atoms with van der Waals surface area (Å²) < 4.78 is 5.12. The summed E-state index contributed by atoms with van der Waals surface area (Å²) in [6, 6.07) is 3.78. The molecule has 0 N–H and O–H groups in total. The van der Waals surface area contributed by atoms with Gasteiger partial charge in [-0.25, -0.2) is 4.98 Å². The van der Waals surface area contributed by atoms with Gasteiger partial charge in [0.1, 0.15) is 5.82 Å². The van der Waals surface area contributed by atoms with Gasteiger partial charge in [-0.3, -0.25) is 4.79 Å². The largest absolute Gasteiger partial charge is 0.383 e. The van der Waals surface area contributed by atoms with Crippen LogP contribution in [0, 0.1) is 5.41 Å². The van der Waals surface area contributed by atoms with E-state index in [2.05, 4.69) is 9.88 Å². The summed E-state index contributed by atoms with van der Waals surface area (Å²) >= 11 is 5.90. The Morgan fingerprint density at radius 1 is 1.36 bits per heavy atom. The van der Waals surface area contributed by atoms with Gasteiger partial charge in [-0.1, -0.05) is 11.6 Å². The number of anilines is 1. The SMILES string of the molecule is COCCN1CCCC2(CCN(c3ccc(Cl)cn3)C2)C1=O. The van der Waals surface area contributed by atoms with Crippen molar-refractivity contribution in [2.45, 2.75) is 19.3 Å². The van der Waals surface area contributed by atoms with E-state index in [-0.39, 0.29) is 11.3 Å². The summed E-state index contributed by atoms with van der Waals surface area (Å²) in [5, 5.41) is 0.636. The molecule has 1 unspecified atom stereocenters. The topological polar surface area (TPSA) is 45.7 Å². The number of hydrogen-bond acceptors (Lipinski definition) is 4. The van der Waals surface area contributed by atoms with Gasteiger partial charge < -0.3 is 14.5 Å². The zero-order chi connectivity index (χ0) is 15.6. The average Bonchev–Trinajstić information content (AvgIpc) is 2.95. The molecule has 0 bridgehead atoms. The second-order valence-electron chi connectivity index (χ2n) is 6.18. The molecule has 1 amide bonds. The number of nitrogens with zero attached hydrogens (tertiary/aromatic N) is 3. The van der Waals surface area contributed by atoms with E-state index in [0.29, 0.717) is 18.2 Å². The van der Waals surface area contributed by atoms with E-state index in [4.69, 9.17) is 16.3 Å². The molecule has 6 heteroatoms. The number of methoxy groups -OCH3 is 1. The minimum absolute atomic E-state index is 0.243. The monoisotopic (exact) mass is 323 g/mol. The lowest BCUT2D eigenvalue weighted by atomic mass is 9.78. The molecule has 3 rings (SSSR count). The van der Waals surface area contributed by atoms with E-state index < -0.39 is 0 Å². The minimum Gasteiger partial charge on any atom is -0.383 e. The van der Waals surface area contributed by atoms with Crippen LogP contribution in [-0.2, 0) is 9.53 Å². The fourth-order valence-electron chi connectivity index (χ4n) is 3.57. The highest BCUT2D eigenvalue weighted by molar-refractivity contribution is 6.30. The molecule has 1 atom stereocenters. The van der Waals surface area contributed by atoms with Crippen LogP contribution in [0.3, 0.4) is 0 Å².